The SMILES string of the molecule is Cc1ccccc1NC(=O)C(=O)NC(CCO)c1ccccc1. The van der Waals surface area contributed by atoms with Crippen LogP contribution in [0.1, 0.15) is 23.6 Å². The maximum Gasteiger partial charge on any atom is 0.313 e. The van der Waals surface area contributed by atoms with E-state index in [1.54, 1.807) is 12.1 Å². The molecular formula is C18H20N2O3. The monoisotopic (exact) mass is 312 g/mol. The number of hydrogen-bond acceptors (Lipinski definition) is 3. The number of aliphatic hydroxyl groups is 1. The zero-order chi connectivity index (χ0) is 16.7. The van der Waals surface area contributed by atoms with Crippen molar-refractivity contribution < 1.29 is 14.7 Å². The lowest BCUT2D eigenvalue weighted by atomic mass is 10.0. The van der Waals surface area contributed by atoms with Crippen LogP contribution in [0.2, 0.25) is 0 Å². The maximum absolute atomic E-state index is 12.1. The summed E-state index contributed by atoms with van der Waals surface area (Å²) in [5, 5.41) is 14.4. The van der Waals surface area contributed by atoms with Crippen molar-refractivity contribution in [3.05, 3.63) is 65.7 Å². The molecule has 0 saturated heterocycles. The van der Waals surface area contributed by atoms with Gasteiger partial charge in [-0.25, -0.2) is 0 Å². The highest BCUT2D eigenvalue weighted by Gasteiger charge is 2.20. The molecule has 3 N–H and O–H groups in total. The van der Waals surface area contributed by atoms with Crippen molar-refractivity contribution in [3.63, 3.8) is 0 Å². The summed E-state index contributed by atoms with van der Waals surface area (Å²) in [4.78, 5) is 24.2. The van der Waals surface area contributed by atoms with E-state index in [2.05, 4.69) is 10.6 Å². The zero-order valence-electron chi connectivity index (χ0n) is 13.0. The van der Waals surface area contributed by atoms with Crippen molar-refractivity contribution in [3.8, 4) is 0 Å². The summed E-state index contributed by atoms with van der Waals surface area (Å²) < 4.78 is 0. The first-order chi connectivity index (χ1) is 11.1. The number of nitrogens with one attached hydrogen (secondary N) is 2. The van der Waals surface area contributed by atoms with Gasteiger partial charge in [0, 0.05) is 12.3 Å². The van der Waals surface area contributed by atoms with Gasteiger partial charge in [-0.15, -0.1) is 0 Å². The Morgan fingerprint density at radius 1 is 1.00 bits per heavy atom. The molecule has 0 radical (unpaired) electrons. The Bertz CT molecular complexity index is 671. The summed E-state index contributed by atoms with van der Waals surface area (Å²) >= 11 is 0. The highest BCUT2D eigenvalue weighted by molar-refractivity contribution is 6.39. The number of aryl methyl sites for hydroxylation is 1. The smallest absolute Gasteiger partial charge is 0.313 e. The van der Waals surface area contributed by atoms with Crippen molar-refractivity contribution >= 4 is 17.5 Å². The van der Waals surface area contributed by atoms with Gasteiger partial charge in [0.05, 0.1) is 6.04 Å². The highest BCUT2D eigenvalue weighted by Crippen LogP contribution is 2.16. The number of amides is 2. The molecule has 2 amide bonds. The van der Waals surface area contributed by atoms with E-state index in [4.69, 9.17) is 5.11 Å². The van der Waals surface area contributed by atoms with E-state index in [9.17, 15) is 9.59 Å². The molecule has 0 aliphatic rings. The molecule has 120 valence electrons. The first-order valence-corrected chi connectivity index (χ1v) is 7.45. The molecule has 2 aromatic rings. The number of para-hydroxylation sites is 1. The number of aliphatic hydroxyl groups excluding tert-OH is 1. The molecule has 1 atom stereocenters. The lowest BCUT2D eigenvalue weighted by Gasteiger charge is -2.18. The molecule has 1 unspecified atom stereocenters. The van der Waals surface area contributed by atoms with Crippen LogP contribution in [0.4, 0.5) is 5.69 Å². The predicted molar refractivity (Wildman–Crippen MR) is 88.8 cm³/mol. The third kappa shape index (κ3) is 4.66. The van der Waals surface area contributed by atoms with Crippen LogP contribution >= 0.6 is 0 Å². The van der Waals surface area contributed by atoms with Crippen molar-refractivity contribution in [2.45, 2.75) is 19.4 Å². The van der Waals surface area contributed by atoms with Crippen molar-refractivity contribution in [1.29, 1.82) is 0 Å². The van der Waals surface area contributed by atoms with Crippen molar-refractivity contribution in [1.82, 2.24) is 5.32 Å². The van der Waals surface area contributed by atoms with Gasteiger partial charge in [-0.1, -0.05) is 48.5 Å². The van der Waals surface area contributed by atoms with Gasteiger partial charge >= 0.3 is 11.8 Å². The number of carbonyl (C=O) groups excluding carboxylic acids is 2. The normalized spacial score (nSPS) is 11.6. The summed E-state index contributed by atoms with van der Waals surface area (Å²) in [6.45, 7) is 1.77. The molecule has 0 bridgehead atoms. The van der Waals surface area contributed by atoms with E-state index in [1.165, 1.54) is 0 Å². The molecule has 0 heterocycles. The van der Waals surface area contributed by atoms with Gasteiger partial charge in [0.1, 0.15) is 0 Å². The zero-order valence-corrected chi connectivity index (χ0v) is 13.0. The van der Waals surface area contributed by atoms with Crippen molar-refractivity contribution in [2.75, 3.05) is 11.9 Å². The molecule has 0 aliphatic carbocycles. The minimum absolute atomic E-state index is 0.0841. The third-order valence-electron chi connectivity index (χ3n) is 3.52. The number of hydrogen-bond donors (Lipinski definition) is 3. The molecule has 0 aromatic heterocycles. The molecular weight excluding hydrogens is 292 g/mol. The van der Waals surface area contributed by atoms with Crippen LogP contribution < -0.4 is 10.6 Å². The molecule has 5 heteroatoms. The number of benzene rings is 2. The summed E-state index contributed by atoms with van der Waals surface area (Å²) in [6, 6.07) is 16.1. The summed E-state index contributed by atoms with van der Waals surface area (Å²) in [5.41, 5.74) is 2.33. The van der Waals surface area contributed by atoms with Gasteiger partial charge in [0.2, 0.25) is 0 Å². The fourth-order valence-electron chi connectivity index (χ4n) is 2.25. The van der Waals surface area contributed by atoms with Gasteiger partial charge in [-0.3, -0.25) is 9.59 Å². The Labute approximate surface area is 135 Å². The summed E-state index contributed by atoms with van der Waals surface area (Å²) in [7, 11) is 0. The molecule has 2 aromatic carbocycles. The average molecular weight is 312 g/mol. The number of rotatable bonds is 5. The van der Waals surface area contributed by atoms with E-state index in [-0.39, 0.29) is 6.61 Å². The molecule has 0 fully saturated rings. The molecule has 0 spiro atoms. The summed E-state index contributed by atoms with van der Waals surface area (Å²) in [5.74, 6) is -1.45. The molecule has 0 saturated carbocycles. The highest BCUT2D eigenvalue weighted by atomic mass is 16.3. The maximum atomic E-state index is 12.1. The topological polar surface area (TPSA) is 78.4 Å². The van der Waals surface area contributed by atoms with Crippen LogP contribution in [0.3, 0.4) is 0 Å². The standard InChI is InChI=1S/C18H20N2O3/c1-13-7-5-6-10-15(13)19-17(22)18(23)20-16(11-12-21)14-8-3-2-4-9-14/h2-10,16,21H,11-12H2,1H3,(H,19,22)(H,20,23). The quantitative estimate of drug-likeness (QED) is 0.740. The Hall–Kier alpha value is -2.66. The first kappa shape index (κ1) is 16.7. The second kappa shape index (κ2) is 8.10. The van der Waals surface area contributed by atoms with Crippen LogP contribution in [0.15, 0.2) is 54.6 Å². The Morgan fingerprint density at radius 2 is 1.65 bits per heavy atom. The first-order valence-electron chi connectivity index (χ1n) is 7.45. The Morgan fingerprint density at radius 3 is 2.30 bits per heavy atom. The van der Waals surface area contributed by atoms with Gasteiger partial charge in [0.25, 0.3) is 0 Å². The van der Waals surface area contributed by atoms with Crippen LogP contribution in [-0.2, 0) is 9.59 Å². The van der Waals surface area contributed by atoms with Gasteiger partial charge in [-0.2, -0.15) is 0 Å². The van der Waals surface area contributed by atoms with Crippen LogP contribution in [0, 0.1) is 6.92 Å². The van der Waals surface area contributed by atoms with Crippen LogP contribution in [0.25, 0.3) is 0 Å². The molecule has 0 aliphatic heterocycles. The lowest BCUT2D eigenvalue weighted by Crippen LogP contribution is -2.38. The van der Waals surface area contributed by atoms with Crippen LogP contribution in [-0.4, -0.2) is 23.5 Å². The second-order valence-corrected chi connectivity index (χ2v) is 5.22. The lowest BCUT2D eigenvalue weighted by molar-refractivity contribution is -0.136. The van der Waals surface area contributed by atoms with E-state index >= 15 is 0 Å². The predicted octanol–water partition coefficient (Wildman–Crippen LogP) is 2.17. The number of carbonyl (C=O) groups is 2. The molecule has 2 rings (SSSR count). The van der Waals surface area contributed by atoms with E-state index in [0.717, 1.165) is 11.1 Å². The van der Waals surface area contributed by atoms with E-state index in [1.807, 2.05) is 49.4 Å². The van der Waals surface area contributed by atoms with E-state index < -0.39 is 17.9 Å². The largest absolute Gasteiger partial charge is 0.396 e. The average Bonchev–Trinajstić information content (AvgIpc) is 2.57. The number of anilines is 1. The van der Waals surface area contributed by atoms with Gasteiger partial charge < -0.3 is 15.7 Å². The fourth-order valence-corrected chi connectivity index (χ4v) is 2.25. The molecule has 5 nitrogen and oxygen atoms in total. The second-order valence-electron chi connectivity index (χ2n) is 5.22. The fraction of sp³-hybridized carbons (Fsp3) is 0.222. The Balaban J connectivity index is 2.04. The summed E-state index contributed by atoms with van der Waals surface area (Å²) in [6.07, 6.45) is 0.341. The van der Waals surface area contributed by atoms with Gasteiger partial charge in [-0.05, 0) is 30.5 Å². The minimum Gasteiger partial charge on any atom is -0.396 e. The van der Waals surface area contributed by atoms with Crippen LogP contribution in [0.5, 0.6) is 0 Å². The minimum atomic E-state index is -0.726. The third-order valence-corrected chi connectivity index (χ3v) is 3.52. The van der Waals surface area contributed by atoms with Crippen molar-refractivity contribution in [2.24, 2.45) is 0 Å². The Kier molecular flexibility index (Phi) is 5.88. The molecule has 23 heavy (non-hydrogen) atoms. The van der Waals surface area contributed by atoms with Gasteiger partial charge in [0.15, 0.2) is 0 Å². The van der Waals surface area contributed by atoms with E-state index in [0.29, 0.717) is 12.1 Å².